The van der Waals surface area contributed by atoms with E-state index in [0.29, 0.717) is 30.3 Å². The van der Waals surface area contributed by atoms with E-state index in [4.69, 9.17) is 5.11 Å². The SMILES string of the molecule is CCCC(CCO)CNC1CC(=O)N2CCCC12. The number of aliphatic hydroxyl groups excluding tert-OH is 1. The van der Waals surface area contributed by atoms with Crippen molar-refractivity contribution in [2.24, 2.45) is 5.92 Å². The van der Waals surface area contributed by atoms with Gasteiger partial charge in [0.15, 0.2) is 0 Å². The Balaban J connectivity index is 1.80. The number of nitrogens with one attached hydrogen (secondary N) is 1. The van der Waals surface area contributed by atoms with E-state index in [0.717, 1.165) is 45.2 Å². The van der Waals surface area contributed by atoms with Crippen LogP contribution in [0.2, 0.25) is 0 Å². The molecule has 0 radical (unpaired) electrons. The molecule has 2 heterocycles. The van der Waals surface area contributed by atoms with Crippen molar-refractivity contribution in [2.45, 2.75) is 57.5 Å². The first-order chi connectivity index (χ1) is 8.76. The van der Waals surface area contributed by atoms with E-state index in [2.05, 4.69) is 17.1 Å². The maximum atomic E-state index is 11.8. The van der Waals surface area contributed by atoms with Gasteiger partial charge in [-0.1, -0.05) is 13.3 Å². The number of fused-ring (bicyclic) bond motifs is 1. The average molecular weight is 254 g/mol. The average Bonchev–Trinajstić information content (AvgIpc) is 2.92. The fourth-order valence-corrected chi connectivity index (χ4v) is 3.43. The lowest BCUT2D eigenvalue weighted by Crippen LogP contribution is -2.41. The van der Waals surface area contributed by atoms with Crippen LogP contribution in [0.25, 0.3) is 0 Å². The molecular formula is C14H26N2O2. The minimum atomic E-state index is 0.269. The van der Waals surface area contributed by atoms with Crippen LogP contribution in [0.1, 0.15) is 45.4 Å². The molecule has 0 aromatic rings. The molecule has 0 aliphatic carbocycles. The second-order valence-corrected chi connectivity index (χ2v) is 5.68. The molecule has 4 nitrogen and oxygen atoms in total. The van der Waals surface area contributed by atoms with Crippen LogP contribution in [0.4, 0.5) is 0 Å². The maximum Gasteiger partial charge on any atom is 0.224 e. The number of carbonyl (C=O) groups excluding carboxylic acids is 1. The van der Waals surface area contributed by atoms with Crippen molar-refractivity contribution in [3.8, 4) is 0 Å². The summed E-state index contributed by atoms with van der Waals surface area (Å²) in [6.07, 6.45) is 6.16. The molecule has 2 fully saturated rings. The Morgan fingerprint density at radius 2 is 2.33 bits per heavy atom. The van der Waals surface area contributed by atoms with E-state index in [1.807, 2.05) is 0 Å². The van der Waals surface area contributed by atoms with Gasteiger partial charge in [0.2, 0.25) is 5.91 Å². The maximum absolute atomic E-state index is 11.8. The third-order valence-corrected chi connectivity index (χ3v) is 4.38. The van der Waals surface area contributed by atoms with Crippen LogP contribution >= 0.6 is 0 Å². The number of hydrogen-bond donors (Lipinski definition) is 2. The van der Waals surface area contributed by atoms with Crippen molar-refractivity contribution in [2.75, 3.05) is 19.7 Å². The van der Waals surface area contributed by atoms with Gasteiger partial charge in [-0.3, -0.25) is 4.79 Å². The second kappa shape index (κ2) is 6.53. The molecular weight excluding hydrogens is 228 g/mol. The van der Waals surface area contributed by atoms with E-state index in [1.165, 1.54) is 0 Å². The van der Waals surface area contributed by atoms with Gasteiger partial charge in [0.25, 0.3) is 0 Å². The van der Waals surface area contributed by atoms with Crippen LogP contribution in [-0.4, -0.2) is 47.7 Å². The molecule has 0 spiro atoms. The summed E-state index contributed by atoms with van der Waals surface area (Å²) >= 11 is 0. The number of carbonyl (C=O) groups is 1. The number of amides is 1. The van der Waals surface area contributed by atoms with Gasteiger partial charge in [-0.2, -0.15) is 0 Å². The smallest absolute Gasteiger partial charge is 0.224 e. The van der Waals surface area contributed by atoms with E-state index < -0.39 is 0 Å². The summed E-state index contributed by atoms with van der Waals surface area (Å²) in [6.45, 7) is 4.35. The molecule has 0 bridgehead atoms. The number of nitrogens with zero attached hydrogens (tertiary/aromatic N) is 1. The zero-order chi connectivity index (χ0) is 13.0. The Kier molecular flexibility index (Phi) is 5.01. The Morgan fingerprint density at radius 3 is 3.06 bits per heavy atom. The quantitative estimate of drug-likeness (QED) is 0.716. The number of hydrogen-bond acceptors (Lipinski definition) is 3. The largest absolute Gasteiger partial charge is 0.396 e. The molecule has 2 saturated heterocycles. The first kappa shape index (κ1) is 13.8. The lowest BCUT2D eigenvalue weighted by atomic mass is 9.98. The van der Waals surface area contributed by atoms with Gasteiger partial charge in [0, 0.05) is 31.7 Å². The van der Waals surface area contributed by atoms with Gasteiger partial charge < -0.3 is 15.3 Å². The summed E-state index contributed by atoms with van der Waals surface area (Å²) in [6, 6.07) is 0.784. The van der Waals surface area contributed by atoms with Gasteiger partial charge >= 0.3 is 0 Å². The normalized spacial score (nSPS) is 28.8. The van der Waals surface area contributed by atoms with E-state index >= 15 is 0 Å². The molecule has 18 heavy (non-hydrogen) atoms. The Labute approximate surface area is 110 Å². The number of rotatable bonds is 7. The van der Waals surface area contributed by atoms with E-state index in [9.17, 15) is 4.79 Å². The minimum Gasteiger partial charge on any atom is -0.396 e. The second-order valence-electron chi connectivity index (χ2n) is 5.68. The summed E-state index contributed by atoms with van der Waals surface area (Å²) < 4.78 is 0. The van der Waals surface area contributed by atoms with Crippen molar-refractivity contribution in [3.05, 3.63) is 0 Å². The van der Waals surface area contributed by atoms with Crippen molar-refractivity contribution in [1.29, 1.82) is 0 Å². The van der Waals surface area contributed by atoms with Crippen LogP contribution < -0.4 is 5.32 Å². The Hall–Kier alpha value is -0.610. The van der Waals surface area contributed by atoms with Gasteiger partial charge in [0.05, 0.1) is 0 Å². The van der Waals surface area contributed by atoms with Crippen molar-refractivity contribution < 1.29 is 9.90 Å². The van der Waals surface area contributed by atoms with Gasteiger partial charge in [-0.25, -0.2) is 0 Å². The minimum absolute atomic E-state index is 0.269. The van der Waals surface area contributed by atoms with Crippen molar-refractivity contribution in [1.82, 2.24) is 10.2 Å². The summed E-state index contributed by atoms with van der Waals surface area (Å²) in [5.74, 6) is 0.870. The van der Waals surface area contributed by atoms with Crippen LogP contribution in [0.3, 0.4) is 0 Å². The highest BCUT2D eigenvalue weighted by Gasteiger charge is 2.41. The third kappa shape index (κ3) is 3.04. The molecule has 2 aliphatic heterocycles. The van der Waals surface area contributed by atoms with E-state index in [1.54, 1.807) is 0 Å². The van der Waals surface area contributed by atoms with Gasteiger partial charge in [-0.05, 0) is 38.1 Å². The molecule has 2 aliphatic rings. The molecule has 0 saturated carbocycles. The molecule has 2 N–H and O–H groups in total. The predicted octanol–water partition coefficient (Wildman–Crippen LogP) is 1.14. The molecule has 3 atom stereocenters. The zero-order valence-electron chi connectivity index (χ0n) is 11.4. The lowest BCUT2D eigenvalue weighted by molar-refractivity contribution is -0.127. The summed E-state index contributed by atoms with van der Waals surface area (Å²) in [5, 5.41) is 12.6. The summed E-state index contributed by atoms with van der Waals surface area (Å²) in [7, 11) is 0. The van der Waals surface area contributed by atoms with Gasteiger partial charge in [-0.15, -0.1) is 0 Å². The van der Waals surface area contributed by atoms with Crippen LogP contribution in [0.15, 0.2) is 0 Å². The molecule has 1 amide bonds. The van der Waals surface area contributed by atoms with Gasteiger partial charge in [0.1, 0.15) is 0 Å². The molecule has 3 unspecified atom stereocenters. The topological polar surface area (TPSA) is 52.6 Å². The molecule has 2 rings (SSSR count). The summed E-state index contributed by atoms with van der Waals surface area (Å²) in [4.78, 5) is 13.9. The van der Waals surface area contributed by atoms with E-state index in [-0.39, 0.29) is 6.61 Å². The van der Waals surface area contributed by atoms with Crippen LogP contribution in [0, 0.1) is 5.92 Å². The standard InChI is InChI=1S/C14H26N2O2/c1-2-4-11(6-8-17)10-15-12-9-14(18)16-7-3-5-13(12)16/h11-13,15,17H,2-10H2,1H3. The fraction of sp³-hybridized carbons (Fsp3) is 0.929. The first-order valence-electron chi connectivity index (χ1n) is 7.40. The van der Waals surface area contributed by atoms with Crippen molar-refractivity contribution >= 4 is 5.91 Å². The Bertz CT molecular complexity index is 277. The number of aliphatic hydroxyl groups is 1. The molecule has 0 aromatic carbocycles. The first-order valence-corrected chi connectivity index (χ1v) is 7.40. The molecule has 0 aromatic heterocycles. The Morgan fingerprint density at radius 1 is 1.50 bits per heavy atom. The summed E-state index contributed by atoms with van der Waals surface area (Å²) in [5.41, 5.74) is 0. The third-order valence-electron chi connectivity index (χ3n) is 4.38. The molecule has 4 heteroatoms. The van der Waals surface area contributed by atoms with Crippen LogP contribution in [0.5, 0.6) is 0 Å². The lowest BCUT2D eigenvalue weighted by Gasteiger charge is -2.23. The fourth-order valence-electron chi connectivity index (χ4n) is 3.43. The highest BCUT2D eigenvalue weighted by molar-refractivity contribution is 5.80. The highest BCUT2D eigenvalue weighted by Crippen LogP contribution is 2.29. The van der Waals surface area contributed by atoms with Crippen molar-refractivity contribution in [3.63, 3.8) is 0 Å². The molecule has 104 valence electrons. The zero-order valence-corrected chi connectivity index (χ0v) is 11.4. The predicted molar refractivity (Wildman–Crippen MR) is 71.2 cm³/mol. The monoisotopic (exact) mass is 254 g/mol. The highest BCUT2D eigenvalue weighted by atomic mass is 16.3. The van der Waals surface area contributed by atoms with Crippen LogP contribution in [-0.2, 0) is 4.79 Å².